The van der Waals surface area contributed by atoms with Crippen LogP contribution in [0.1, 0.15) is 36.1 Å². The second kappa shape index (κ2) is 11.5. The van der Waals surface area contributed by atoms with E-state index >= 15 is 0 Å². The molecule has 1 amide bonds. The van der Waals surface area contributed by atoms with Crippen LogP contribution in [-0.2, 0) is 27.7 Å². The molecule has 8 nitrogen and oxygen atoms in total. The molecule has 0 unspecified atom stereocenters. The van der Waals surface area contributed by atoms with Crippen LogP contribution in [0.4, 0.5) is 5.69 Å². The summed E-state index contributed by atoms with van der Waals surface area (Å²) in [5.74, 6) is 0.377. The van der Waals surface area contributed by atoms with Crippen LogP contribution < -0.4 is 23.8 Å². The summed E-state index contributed by atoms with van der Waals surface area (Å²) in [5, 5.41) is 3.23. The van der Waals surface area contributed by atoms with E-state index in [1.54, 1.807) is 12.1 Å². The molecule has 0 fully saturated rings. The monoisotopic (exact) mass is 558 g/mol. The fraction of sp³-hybridized carbons (Fsp3) is 0.321. The van der Waals surface area contributed by atoms with E-state index in [1.165, 1.54) is 56.7 Å². The van der Waals surface area contributed by atoms with E-state index in [0.29, 0.717) is 10.8 Å². The van der Waals surface area contributed by atoms with E-state index in [2.05, 4.69) is 17.4 Å². The molecular weight excluding hydrogens is 528 g/mol. The number of hydrogen-bond donors (Lipinski definition) is 1. The highest BCUT2D eigenvalue weighted by atomic mass is 35.5. The number of rotatable bonds is 10. The number of fused-ring (bicyclic) bond motifs is 1. The van der Waals surface area contributed by atoms with E-state index in [0.717, 1.165) is 29.1 Å². The van der Waals surface area contributed by atoms with Crippen molar-refractivity contribution >= 4 is 33.2 Å². The van der Waals surface area contributed by atoms with E-state index in [4.69, 9.17) is 25.8 Å². The summed E-state index contributed by atoms with van der Waals surface area (Å²) in [6.07, 6.45) is 3.22. The molecule has 0 aromatic heterocycles. The van der Waals surface area contributed by atoms with Crippen molar-refractivity contribution in [3.8, 4) is 17.2 Å². The van der Waals surface area contributed by atoms with Gasteiger partial charge in [0.1, 0.15) is 12.3 Å². The van der Waals surface area contributed by atoms with Crippen LogP contribution >= 0.6 is 11.6 Å². The summed E-state index contributed by atoms with van der Waals surface area (Å²) < 4.78 is 44.9. The number of anilines is 1. The largest absolute Gasteiger partial charge is 0.495 e. The van der Waals surface area contributed by atoms with Crippen LogP contribution in [0.2, 0.25) is 5.02 Å². The summed E-state index contributed by atoms with van der Waals surface area (Å²) >= 11 is 6.23. The van der Waals surface area contributed by atoms with Crippen molar-refractivity contribution in [2.45, 2.75) is 37.1 Å². The minimum absolute atomic E-state index is 0.0864. The first-order valence-electron chi connectivity index (χ1n) is 12.2. The van der Waals surface area contributed by atoms with Gasteiger partial charge in [0.25, 0.3) is 10.0 Å². The molecule has 0 heterocycles. The second-order valence-electron chi connectivity index (χ2n) is 9.02. The van der Waals surface area contributed by atoms with Gasteiger partial charge in [-0.05, 0) is 73.2 Å². The van der Waals surface area contributed by atoms with Crippen LogP contribution in [0.5, 0.6) is 17.2 Å². The maximum absolute atomic E-state index is 14.0. The molecule has 0 radical (unpaired) electrons. The van der Waals surface area contributed by atoms with Crippen molar-refractivity contribution in [2.24, 2.45) is 0 Å². The normalized spacial score (nSPS) is 13.4. The molecule has 1 aliphatic rings. The smallest absolute Gasteiger partial charge is 0.265 e. The zero-order chi connectivity index (χ0) is 27.4. The number of nitrogens with one attached hydrogen (secondary N) is 1. The number of amides is 1. The number of carbonyl (C=O) groups is 1. The third-order valence-corrected chi connectivity index (χ3v) is 8.63. The van der Waals surface area contributed by atoms with Crippen LogP contribution in [0, 0.1) is 0 Å². The fourth-order valence-corrected chi connectivity index (χ4v) is 6.23. The Kier molecular flexibility index (Phi) is 8.38. The SMILES string of the molecule is COc1ccc(S(=O)(=O)N(CC(=O)N[C@H](C)c2ccc3c(c2)CCC3)c2cc(Cl)ccc2OC)cc1OC. The molecule has 0 bridgehead atoms. The summed E-state index contributed by atoms with van der Waals surface area (Å²) in [4.78, 5) is 13.2. The first kappa shape index (κ1) is 27.6. The number of methoxy groups -OCH3 is 3. The Bertz CT molecular complexity index is 1440. The molecular formula is C28H31ClN2O6S. The summed E-state index contributed by atoms with van der Waals surface area (Å²) in [6, 6.07) is 14.7. The topological polar surface area (TPSA) is 94.2 Å². The Morgan fingerprint density at radius 1 is 0.921 bits per heavy atom. The van der Waals surface area contributed by atoms with Crippen molar-refractivity contribution in [1.29, 1.82) is 0 Å². The Morgan fingerprint density at radius 3 is 2.32 bits per heavy atom. The summed E-state index contributed by atoms with van der Waals surface area (Å²) in [5.41, 5.74) is 3.74. The van der Waals surface area contributed by atoms with Crippen LogP contribution in [0.15, 0.2) is 59.5 Å². The van der Waals surface area contributed by atoms with Crippen molar-refractivity contribution < 1.29 is 27.4 Å². The molecule has 202 valence electrons. The van der Waals surface area contributed by atoms with Crippen molar-refractivity contribution in [3.05, 3.63) is 76.3 Å². The number of aryl methyl sites for hydroxylation is 2. The minimum atomic E-state index is -4.27. The predicted molar refractivity (Wildman–Crippen MR) is 147 cm³/mol. The van der Waals surface area contributed by atoms with Crippen molar-refractivity contribution in [2.75, 3.05) is 32.2 Å². The summed E-state index contributed by atoms with van der Waals surface area (Å²) in [7, 11) is 0.0308. The standard InChI is InChI=1S/C28H31ClN2O6S/c1-18(20-9-8-19-6-5-7-21(19)14-20)30-28(32)17-31(24-15-22(29)10-12-25(24)35-2)38(33,34)23-11-13-26(36-3)27(16-23)37-4/h8-16,18H,5-7,17H2,1-4H3,(H,30,32)/t18-/m1/s1. The van der Waals surface area contributed by atoms with Gasteiger partial charge in [0, 0.05) is 11.1 Å². The average Bonchev–Trinajstić information content (AvgIpc) is 3.39. The summed E-state index contributed by atoms with van der Waals surface area (Å²) in [6.45, 7) is 1.38. The lowest BCUT2D eigenvalue weighted by molar-refractivity contribution is -0.120. The van der Waals surface area contributed by atoms with Gasteiger partial charge in [0.05, 0.1) is 38.0 Å². The number of hydrogen-bond acceptors (Lipinski definition) is 6. The third-order valence-electron chi connectivity index (χ3n) is 6.64. The van der Waals surface area contributed by atoms with Crippen LogP contribution in [0.25, 0.3) is 0 Å². The van der Waals surface area contributed by atoms with E-state index in [1.807, 2.05) is 13.0 Å². The van der Waals surface area contributed by atoms with Gasteiger partial charge in [-0.15, -0.1) is 0 Å². The molecule has 1 atom stereocenters. The van der Waals surface area contributed by atoms with Gasteiger partial charge in [0.15, 0.2) is 11.5 Å². The zero-order valence-corrected chi connectivity index (χ0v) is 23.4. The first-order chi connectivity index (χ1) is 18.2. The van der Waals surface area contributed by atoms with E-state index in [-0.39, 0.29) is 28.1 Å². The lowest BCUT2D eigenvalue weighted by atomic mass is 10.0. The van der Waals surface area contributed by atoms with Crippen molar-refractivity contribution in [3.63, 3.8) is 0 Å². The molecule has 10 heteroatoms. The highest BCUT2D eigenvalue weighted by molar-refractivity contribution is 7.92. The average molecular weight is 559 g/mol. The zero-order valence-electron chi connectivity index (χ0n) is 21.8. The number of nitrogens with zero attached hydrogens (tertiary/aromatic N) is 1. The molecule has 3 aromatic rings. The second-order valence-corrected chi connectivity index (χ2v) is 11.3. The van der Waals surface area contributed by atoms with Gasteiger partial charge in [-0.2, -0.15) is 0 Å². The molecule has 0 spiro atoms. The highest BCUT2D eigenvalue weighted by Gasteiger charge is 2.31. The maximum Gasteiger partial charge on any atom is 0.265 e. The molecule has 3 aromatic carbocycles. The molecule has 0 saturated heterocycles. The minimum Gasteiger partial charge on any atom is -0.495 e. The highest BCUT2D eigenvalue weighted by Crippen LogP contribution is 2.37. The third kappa shape index (κ3) is 5.68. The van der Waals surface area contributed by atoms with Gasteiger partial charge >= 0.3 is 0 Å². The molecule has 0 saturated carbocycles. The van der Waals surface area contributed by atoms with Gasteiger partial charge in [-0.1, -0.05) is 29.8 Å². The Labute approximate surface area is 228 Å². The number of sulfonamides is 1. The van der Waals surface area contributed by atoms with E-state index < -0.39 is 22.5 Å². The lowest BCUT2D eigenvalue weighted by Crippen LogP contribution is -2.41. The number of ether oxygens (including phenoxy) is 3. The number of carbonyl (C=O) groups excluding carboxylic acids is 1. The van der Waals surface area contributed by atoms with Gasteiger partial charge in [-0.3, -0.25) is 9.10 Å². The Hall–Kier alpha value is -3.43. The first-order valence-corrected chi connectivity index (χ1v) is 14.0. The predicted octanol–water partition coefficient (Wildman–Crippen LogP) is 4.93. The van der Waals surface area contributed by atoms with Crippen LogP contribution in [-0.4, -0.2) is 42.2 Å². The number of benzene rings is 3. The van der Waals surface area contributed by atoms with Gasteiger partial charge in [0.2, 0.25) is 5.91 Å². The van der Waals surface area contributed by atoms with Crippen molar-refractivity contribution in [1.82, 2.24) is 5.32 Å². The maximum atomic E-state index is 14.0. The lowest BCUT2D eigenvalue weighted by Gasteiger charge is -2.27. The van der Waals surface area contributed by atoms with Crippen LogP contribution in [0.3, 0.4) is 0 Å². The molecule has 0 aliphatic heterocycles. The van der Waals surface area contributed by atoms with Gasteiger partial charge < -0.3 is 19.5 Å². The Morgan fingerprint density at radius 2 is 1.61 bits per heavy atom. The Balaban J connectivity index is 1.68. The molecule has 4 rings (SSSR count). The molecule has 1 N–H and O–H groups in total. The molecule has 1 aliphatic carbocycles. The van der Waals surface area contributed by atoms with E-state index in [9.17, 15) is 13.2 Å². The van der Waals surface area contributed by atoms with Gasteiger partial charge in [-0.25, -0.2) is 8.42 Å². The molecule has 38 heavy (non-hydrogen) atoms. The fourth-order valence-electron chi connectivity index (χ4n) is 4.62. The quantitative estimate of drug-likeness (QED) is 0.379. The number of halogens is 1.